The van der Waals surface area contributed by atoms with Gasteiger partial charge in [0.2, 0.25) is 5.91 Å². The van der Waals surface area contributed by atoms with E-state index in [1.54, 1.807) is 17.0 Å². The van der Waals surface area contributed by atoms with Crippen LogP contribution in [0.5, 0.6) is 0 Å². The molecule has 3 rings (SSSR count). The molecule has 1 aromatic carbocycles. The molecule has 1 aliphatic heterocycles. The Labute approximate surface area is 190 Å². The van der Waals surface area contributed by atoms with Crippen molar-refractivity contribution in [3.05, 3.63) is 33.8 Å². The van der Waals surface area contributed by atoms with Gasteiger partial charge in [0.25, 0.3) is 5.91 Å². The van der Waals surface area contributed by atoms with Crippen LogP contribution in [-0.2, 0) is 14.3 Å². The lowest BCUT2D eigenvalue weighted by atomic mass is 9.98. The molecule has 2 fully saturated rings. The Morgan fingerprint density at radius 3 is 2.73 bits per heavy atom. The zero-order chi connectivity index (χ0) is 21.7. The molecule has 1 saturated carbocycles. The molecular weight excluding hydrogens is 470 g/mol. The fourth-order valence-electron chi connectivity index (χ4n) is 3.71. The van der Waals surface area contributed by atoms with Gasteiger partial charge in [-0.05, 0) is 62.5 Å². The number of hydrogen-bond donors (Lipinski definition) is 2. The van der Waals surface area contributed by atoms with Gasteiger partial charge in [-0.3, -0.25) is 19.7 Å². The average molecular weight is 496 g/mol. The number of carbonyl (C=O) groups excluding carboxylic acids is 3. The van der Waals surface area contributed by atoms with Gasteiger partial charge in [0, 0.05) is 23.1 Å². The molecule has 2 aliphatic rings. The summed E-state index contributed by atoms with van der Waals surface area (Å²) in [5, 5.41) is 5.57. The maximum atomic E-state index is 12.6. The highest BCUT2D eigenvalue weighted by molar-refractivity contribution is 9.10. The summed E-state index contributed by atoms with van der Waals surface area (Å²) in [6, 6.07) is 4.46. The Kier molecular flexibility index (Phi) is 7.82. The third kappa shape index (κ3) is 5.78. The number of thiocarbonyl (C=S) groups is 1. The zero-order valence-electron chi connectivity index (χ0n) is 16.9. The van der Waals surface area contributed by atoms with Gasteiger partial charge in [0.15, 0.2) is 5.11 Å². The molecular formula is C21H26BrN3O4S. The Morgan fingerprint density at radius 2 is 2.03 bits per heavy atom. The van der Waals surface area contributed by atoms with Crippen molar-refractivity contribution >= 4 is 51.0 Å². The molecule has 1 saturated heterocycles. The lowest BCUT2D eigenvalue weighted by Crippen LogP contribution is -2.60. The second-order valence-electron chi connectivity index (χ2n) is 7.68. The first-order valence-electron chi connectivity index (χ1n) is 10.2. The molecule has 1 atom stereocenters. The summed E-state index contributed by atoms with van der Waals surface area (Å²) in [7, 11) is 0. The van der Waals surface area contributed by atoms with Gasteiger partial charge < -0.3 is 15.0 Å². The van der Waals surface area contributed by atoms with E-state index in [4.69, 9.17) is 17.0 Å². The minimum Gasteiger partial charge on any atom is -0.462 e. The molecule has 0 aromatic heterocycles. The highest BCUT2D eigenvalue weighted by Gasteiger charge is 2.35. The fraction of sp³-hybridized carbons (Fsp3) is 0.524. The van der Waals surface area contributed by atoms with E-state index in [9.17, 15) is 14.4 Å². The zero-order valence-corrected chi connectivity index (χ0v) is 19.3. The van der Waals surface area contributed by atoms with E-state index in [0.29, 0.717) is 18.7 Å². The molecule has 2 N–H and O–H groups in total. The van der Waals surface area contributed by atoms with Crippen LogP contribution in [0.3, 0.4) is 0 Å². The van der Waals surface area contributed by atoms with E-state index in [0.717, 1.165) is 35.7 Å². The van der Waals surface area contributed by atoms with Crippen LogP contribution in [0.1, 0.15) is 54.4 Å². The van der Waals surface area contributed by atoms with E-state index in [2.05, 4.69) is 26.6 Å². The van der Waals surface area contributed by atoms with Crippen molar-refractivity contribution < 1.29 is 19.1 Å². The second-order valence-corrected chi connectivity index (χ2v) is 8.92. The normalized spacial score (nSPS) is 19.7. The predicted molar refractivity (Wildman–Crippen MR) is 120 cm³/mol. The Hall–Kier alpha value is -2.00. The first kappa shape index (κ1) is 22.7. The van der Waals surface area contributed by atoms with E-state index in [1.165, 1.54) is 6.42 Å². The van der Waals surface area contributed by atoms with Crippen molar-refractivity contribution in [2.75, 3.05) is 13.1 Å². The predicted octanol–water partition coefficient (Wildman–Crippen LogP) is 2.84. The number of nitrogens with zero attached hydrogens (tertiary/aromatic N) is 1. The largest absolute Gasteiger partial charge is 0.462 e. The molecule has 0 bridgehead atoms. The van der Waals surface area contributed by atoms with Crippen LogP contribution in [0.4, 0.5) is 0 Å². The number of rotatable bonds is 4. The molecule has 1 heterocycles. The van der Waals surface area contributed by atoms with E-state index in [1.807, 2.05) is 13.0 Å². The number of halogens is 1. The van der Waals surface area contributed by atoms with Gasteiger partial charge >= 0.3 is 5.97 Å². The van der Waals surface area contributed by atoms with Crippen molar-refractivity contribution in [3.8, 4) is 0 Å². The Balaban J connectivity index is 1.63. The van der Waals surface area contributed by atoms with Crippen LogP contribution < -0.4 is 10.6 Å². The topological polar surface area (TPSA) is 87.7 Å². The minimum atomic E-state index is -0.799. The lowest BCUT2D eigenvalue weighted by Gasteiger charge is -2.36. The van der Waals surface area contributed by atoms with Gasteiger partial charge in [0.05, 0.1) is 6.42 Å². The minimum absolute atomic E-state index is 0.0713. The second kappa shape index (κ2) is 10.3. The van der Waals surface area contributed by atoms with E-state index in [-0.39, 0.29) is 29.5 Å². The molecule has 7 nitrogen and oxygen atoms in total. The van der Waals surface area contributed by atoms with Gasteiger partial charge in [-0.2, -0.15) is 0 Å². The maximum Gasteiger partial charge on any atom is 0.308 e. The Morgan fingerprint density at radius 1 is 1.30 bits per heavy atom. The number of esters is 1. The number of piperazine rings is 1. The molecule has 0 radical (unpaired) electrons. The molecule has 2 amide bonds. The molecule has 1 unspecified atom stereocenters. The smallest absolute Gasteiger partial charge is 0.308 e. The van der Waals surface area contributed by atoms with Crippen LogP contribution in [0.2, 0.25) is 0 Å². The van der Waals surface area contributed by atoms with E-state index < -0.39 is 12.0 Å². The number of benzene rings is 1. The van der Waals surface area contributed by atoms with Crippen molar-refractivity contribution in [1.82, 2.24) is 15.5 Å². The standard InChI is InChI=1S/C21H26BrN3O4S/c1-13-7-8-14(11-16(13)22)19(27)24-21(30)25-10-9-23-20(28)17(25)12-18(26)29-15-5-3-2-4-6-15/h7-8,11,15,17H,2-6,9-10,12H2,1H3,(H,23,28)(H,24,27,30). The molecule has 162 valence electrons. The van der Waals surface area contributed by atoms with Crippen LogP contribution in [-0.4, -0.2) is 53.0 Å². The first-order chi connectivity index (χ1) is 14.3. The summed E-state index contributed by atoms with van der Waals surface area (Å²) >= 11 is 8.82. The van der Waals surface area contributed by atoms with Crippen LogP contribution in [0, 0.1) is 6.92 Å². The number of carbonyl (C=O) groups is 3. The van der Waals surface area contributed by atoms with Gasteiger partial charge in [0.1, 0.15) is 12.1 Å². The number of nitrogens with one attached hydrogen (secondary N) is 2. The first-order valence-corrected chi connectivity index (χ1v) is 11.4. The number of hydrogen-bond acceptors (Lipinski definition) is 5. The third-order valence-electron chi connectivity index (χ3n) is 5.46. The SMILES string of the molecule is Cc1ccc(C(=O)NC(=S)N2CCNC(=O)C2CC(=O)OC2CCCCC2)cc1Br. The quantitative estimate of drug-likeness (QED) is 0.493. The van der Waals surface area contributed by atoms with Crippen molar-refractivity contribution in [2.24, 2.45) is 0 Å². The van der Waals surface area contributed by atoms with Crippen LogP contribution in [0.15, 0.2) is 22.7 Å². The highest BCUT2D eigenvalue weighted by atomic mass is 79.9. The van der Waals surface area contributed by atoms with Crippen molar-refractivity contribution in [3.63, 3.8) is 0 Å². The third-order valence-corrected chi connectivity index (χ3v) is 6.65. The van der Waals surface area contributed by atoms with Crippen molar-refractivity contribution in [2.45, 2.75) is 57.6 Å². The van der Waals surface area contributed by atoms with Crippen LogP contribution in [0.25, 0.3) is 0 Å². The number of ether oxygens (including phenoxy) is 1. The summed E-state index contributed by atoms with van der Waals surface area (Å²) in [4.78, 5) is 39.1. The summed E-state index contributed by atoms with van der Waals surface area (Å²) in [6.45, 7) is 2.72. The van der Waals surface area contributed by atoms with Gasteiger partial charge in [-0.25, -0.2) is 0 Å². The van der Waals surface area contributed by atoms with E-state index >= 15 is 0 Å². The number of aryl methyl sites for hydroxylation is 1. The lowest BCUT2D eigenvalue weighted by molar-refractivity contribution is -0.153. The Bertz CT molecular complexity index is 842. The summed E-state index contributed by atoms with van der Waals surface area (Å²) in [6.07, 6.45) is 4.84. The summed E-state index contributed by atoms with van der Waals surface area (Å²) in [5.74, 6) is -1.07. The highest BCUT2D eigenvalue weighted by Crippen LogP contribution is 2.22. The summed E-state index contributed by atoms with van der Waals surface area (Å²) < 4.78 is 6.38. The number of amides is 2. The molecule has 0 spiro atoms. The molecule has 30 heavy (non-hydrogen) atoms. The summed E-state index contributed by atoms with van der Waals surface area (Å²) in [5.41, 5.74) is 1.46. The average Bonchev–Trinajstić information content (AvgIpc) is 2.72. The maximum absolute atomic E-state index is 12.6. The van der Waals surface area contributed by atoms with Crippen molar-refractivity contribution in [1.29, 1.82) is 0 Å². The van der Waals surface area contributed by atoms with Crippen LogP contribution >= 0.6 is 28.1 Å². The molecule has 1 aliphatic carbocycles. The molecule has 9 heteroatoms. The fourth-order valence-corrected chi connectivity index (χ4v) is 4.40. The monoisotopic (exact) mass is 495 g/mol. The van der Waals surface area contributed by atoms with Gasteiger partial charge in [-0.15, -0.1) is 0 Å². The van der Waals surface area contributed by atoms with Gasteiger partial charge in [-0.1, -0.05) is 28.4 Å². The molecule has 1 aromatic rings.